The predicted octanol–water partition coefficient (Wildman–Crippen LogP) is 2.96. The van der Waals surface area contributed by atoms with E-state index in [2.05, 4.69) is 22.9 Å². The van der Waals surface area contributed by atoms with Crippen molar-refractivity contribution in [3.05, 3.63) is 35.9 Å². The zero-order chi connectivity index (χ0) is 26.6. The summed E-state index contributed by atoms with van der Waals surface area (Å²) in [7, 11) is 0. The number of benzene rings is 1. The number of carbonyl (C=O) groups is 4. The largest absolute Gasteiger partial charge is 0.445 e. The van der Waals surface area contributed by atoms with Crippen molar-refractivity contribution in [2.45, 2.75) is 71.6 Å². The van der Waals surface area contributed by atoms with Gasteiger partial charge in [-0.2, -0.15) is 0 Å². The average Bonchev–Trinajstić information content (AvgIpc) is 2.82. The molecule has 1 saturated heterocycles. The standard InChI is InChI=1S/C26H40N4O6/c1-19-12-15-30(22(31)17-29-25(34)36-26(2,3)4)21(16-19)23(32)27-13-8-9-14-28-24(33)35-18-20-10-6-5-7-11-20/h5-7,10-11,19,21H,8-9,12-18H2,1-4H3,(H,27,32)(H,28,33)(H,29,34)/t19?,21-/m0/s1. The van der Waals surface area contributed by atoms with Gasteiger partial charge in [0.05, 0.1) is 0 Å². The molecule has 2 rings (SSSR count). The second kappa shape index (κ2) is 14.3. The lowest BCUT2D eigenvalue weighted by Crippen LogP contribution is -2.55. The Kier molecular flexibility index (Phi) is 11.5. The minimum atomic E-state index is -0.667. The number of piperidine rings is 1. The van der Waals surface area contributed by atoms with Crippen LogP contribution >= 0.6 is 0 Å². The molecule has 10 nitrogen and oxygen atoms in total. The van der Waals surface area contributed by atoms with Crippen LogP contribution in [0.25, 0.3) is 0 Å². The number of hydrogen-bond acceptors (Lipinski definition) is 6. The van der Waals surface area contributed by atoms with E-state index < -0.39 is 23.8 Å². The molecule has 1 unspecified atom stereocenters. The summed E-state index contributed by atoms with van der Waals surface area (Å²) in [5, 5.41) is 8.07. The summed E-state index contributed by atoms with van der Waals surface area (Å²) >= 11 is 0. The third-order valence-corrected chi connectivity index (χ3v) is 5.66. The first-order valence-corrected chi connectivity index (χ1v) is 12.5. The molecule has 200 valence electrons. The normalized spacial score (nSPS) is 17.6. The zero-order valence-electron chi connectivity index (χ0n) is 21.8. The van der Waals surface area contributed by atoms with Crippen LogP contribution in [0, 0.1) is 5.92 Å². The molecule has 1 heterocycles. The second-order valence-electron chi connectivity index (χ2n) is 10.1. The first kappa shape index (κ1) is 28.9. The minimum absolute atomic E-state index is 0.206. The Balaban J connectivity index is 1.68. The highest BCUT2D eigenvalue weighted by molar-refractivity contribution is 5.89. The fraction of sp³-hybridized carbons (Fsp3) is 0.615. The van der Waals surface area contributed by atoms with Crippen molar-refractivity contribution in [1.29, 1.82) is 0 Å². The van der Waals surface area contributed by atoms with Crippen LogP contribution in [0.3, 0.4) is 0 Å². The Labute approximate surface area is 213 Å². The molecule has 1 aromatic rings. The van der Waals surface area contributed by atoms with Crippen LogP contribution in [0.2, 0.25) is 0 Å². The molecule has 0 radical (unpaired) electrons. The summed E-state index contributed by atoms with van der Waals surface area (Å²) in [6.45, 7) is 8.61. The second-order valence-corrected chi connectivity index (χ2v) is 10.1. The summed E-state index contributed by atoms with van der Waals surface area (Å²) < 4.78 is 10.3. The van der Waals surface area contributed by atoms with Crippen molar-refractivity contribution in [2.24, 2.45) is 5.92 Å². The molecule has 1 fully saturated rings. The number of rotatable bonds is 10. The SMILES string of the molecule is CC1CCN(C(=O)CNC(=O)OC(C)(C)C)[C@H](C(=O)NCCCCNC(=O)OCc2ccccc2)C1. The third kappa shape index (κ3) is 11.0. The number of unbranched alkanes of at least 4 members (excludes halogenated alkanes) is 1. The molecule has 0 aliphatic carbocycles. The number of amides is 4. The van der Waals surface area contributed by atoms with Crippen molar-refractivity contribution in [3.8, 4) is 0 Å². The van der Waals surface area contributed by atoms with E-state index in [9.17, 15) is 19.2 Å². The Morgan fingerprint density at radius 3 is 2.31 bits per heavy atom. The van der Waals surface area contributed by atoms with E-state index in [4.69, 9.17) is 9.47 Å². The fourth-order valence-corrected chi connectivity index (χ4v) is 3.80. The van der Waals surface area contributed by atoms with Crippen molar-refractivity contribution in [3.63, 3.8) is 0 Å². The molecule has 2 atom stereocenters. The van der Waals surface area contributed by atoms with E-state index in [0.29, 0.717) is 44.8 Å². The van der Waals surface area contributed by atoms with Gasteiger partial charge in [0.1, 0.15) is 24.8 Å². The first-order valence-electron chi connectivity index (χ1n) is 12.5. The van der Waals surface area contributed by atoms with E-state index in [0.717, 1.165) is 12.0 Å². The van der Waals surface area contributed by atoms with Crippen LogP contribution in [0.4, 0.5) is 9.59 Å². The molecule has 10 heteroatoms. The molecule has 36 heavy (non-hydrogen) atoms. The van der Waals surface area contributed by atoms with Crippen molar-refractivity contribution in [2.75, 3.05) is 26.2 Å². The average molecular weight is 505 g/mol. The summed E-state index contributed by atoms with van der Waals surface area (Å²) in [6.07, 6.45) is 1.56. The maximum atomic E-state index is 12.8. The van der Waals surface area contributed by atoms with E-state index in [1.165, 1.54) is 4.90 Å². The molecule has 3 N–H and O–H groups in total. The van der Waals surface area contributed by atoms with Gasteiger partial charge in [-0.15, -0.1) is 0 Å². The minimum Gasteiger partial charge on any atom is -0.445 e. The van der Waals surface area contributed by atoms with Crippen LogP contribution in [0.1, 0.15) is 58.9 Å². The highest BCUT2D eigenvalue weighted by Gasteiger charge is 2.34. The van der Waals surface area contributed by atoms with Gasteiger partial charge < -0.3 is 30.3 Å². The van der Waals surface area contributed by atoms with Crippen LogP contribution in [0.5, 0.6) is 0 Å². The summed E-state index contributed by atoms with van der Waals surface area (Å²) in [6, 6.07) is 8.86. The van der Waals surface area contributed by atoms with Crippen molar-refractivity contribution < 1.29 is 28.7 Å². The van der Waals surface area contributed by atoms with E-state index >= 15 is 0 Å². The van der Waals surface area contributed by atoms with Crippen LogP contribution in [-0.4, -0.2) is 66.7 Å². The number of ether oxygens (including phenoxy) is 2. The molecular formula is C26H40N4O6. The Bertz CT molecular complexity index is 871. The molecule has 0 spiro atoms. The van der Waals surface area contributed by atoms with Gasteiger partial charge in [-0.05, 0) is 57.9 Å². The molecular weight excluding hydrogens is 464 g/mol. The molecule has 1 aromatic carbocycles. The molecule has 0 bridgehead atoms. The smallest absolute Gasteiger partial charge is 0.408 e. The van der Waals surface area contributed by atoms with Gasteiger partial charge in [-0.25, -0.2) is 9.59 Å². The molecule has 1 aliphatic heterocycles. The van der Waals surface area contributed by atoms with Crippen LogP contribution < -0.4 is 16.0 Å². The number of nitrogens with zero attached hydrogens (tertiary/aromatic N) is 1. The third-order valence-electron chi connectivity index (χ3n) is 5.66. The van der Waals surface area contributed by atoms with Gasteiger partial charge in [-0.1, -0.05) is 37.3 Å². The molecule has 1 aliphatic rings. The van der Waals surface area contributed by atoms with E-state index in [1.807, 2.05) is 30.3 Å². The van der Waals surface area contributed by atoms with E-state index in [-0.39, 0.29) is 25.0 Å². The summed E-state index contributed by atoms with van der Waals surface area (Å²) in [5.41, 5.74) is 0.259. The topological polar surface area (TPSA) is 126 Å². The highest BCUT2D eigenvalue weighted by Crippen LogP contribution is 2.23. The number of alkyl carbamates (subject to hydrolysis) is 2. The fourth-order valence-electron chi connectivity index (χ4n) is 3.80. The summed E-state index contributed by atoms with van der Waals surface area (Å²) in [5.74, 6) is -0.205. The van der Waals surface area contributed by atoms with Crippen molar-refractivity contribution >= 4 is 24.0 Å². The van der Waals surface area contributed by atoms with Crippen molar-refractivity contribution in [1.82, 2.24) is 20.9 Å². The number of nitrogens with one attached hydrogen (secondary N) is 3. The Morgan fingerprint density at radius 2 is 1.64 bits per heavy atom. The van der Waals surface area contributed by atoms with Gasteiger partial charge in [0, 0.05) is 19.6 Å². The first-order chi connectivity index (χ1) is 17.0. The maximum absolute atomic E-state index is 12.8. The maximum Gasteiger partial charge on any atom is 0.408 e. The summed E-state index contributed by atoms with van der Waals surface area (Å²) in [4.78, 5) is 50.8. The lowest BCUT2D eigenvalue weighted by Gasteiger charge is -2.37. The van der Waals surface area contributed by atoms with Crippen LogP contribution in [-0.2, 0) is 25.7 Å². The molecule has 0 saturated carbocycles. The van der Waals surface area contributed by atoms with Gasteiger partial charge in [0.2, 0.25) is 11.8 Å². The Morgan fingerprint density at radius 1 is 0.972 bits per heavy atom. The van der Waals surface area contributed by atoms with Gasteiger partial charge >= 0.3 is 12.2 Å². The van der Waals surface area contributed by atoms with E-state index in [1.54, 1.807) is 20.8 Å². The Hall–Kier alpha value is -3.30. The quantitative estimate of drug-likeness (QED) is 0.421. The van der Waals surface area contributed by atoms with Crippen LogP contribution in [0.15, 0.2) is 30.3 Å². The predicted molar refractivity (Wildman–Crippen MR) is 135 cm³/mol. The number of hydrogen-bond donors (Lipinski definition) is 3. The lowest BCUT2D eigenvalue weighted by atomic mass is 9.91. The highest BCUT2D eigenvalue weighted by atomic mass is 16.6. The molecule has 0 aromatic heterocycles. The number of likely N-dealkylation sites (tertiary alicyclic amines) is 1. The lowest BCUT2D eigenvalue weighted by molar-refractivity contribution is -0.142. The zero-order valence-corrected chi connectivity index (χ0v) is 21.8. The van der Waals surface area contributed by atoms with Gasteiger partial charge in [-0.3, -0.25) is 9.59 Å². The molecule has 4 amide bonds. The number of carbonyl (C=O) groups excluding carboxylic acids is 4. The van der Waals surface area contributed by atoms with Gasteiger partial charge in [0.15, 0.2) is 0 Å². The monoisotopic (exact) mass is 504 g/mol. The van der Waals surface area contributed by atoms with Gasteiger partial charge in [0.25, 0.3) is 0 Å².